The average molecular weight is 222 g/mol. The van der Waals surface area contributed by atoms with Crippen LogP contribution >= 0.6 is 0 Å². The maximum Gasteiger partial charge on any atom is 0.253 e. The standard InChI is InChI=1S/C10H10N2O2S/c11-12-15(13,14)10-7-3-5-8-4-1-2-6-9(8)10/h1-7,12H,11H2. The molecule has 78 valence electrons. The zero-order valence-corrected chi connectivity index (χ0v) is 8.66. The molecule has 5 heteroatoms. The molecule has 0 fully saturated rings. The molecule has 15 heavy (non-hydrogen) atoms. The minimum atomic E-state index is -3.60. The maximum atomic E-state index is 11.6. The Labute approximate surface area is 87.7 Å². The predicted octanol–water partition coefficient (Wildman–Crippen LogP) is 0.992. The first kappa shape index (κ1) is 10.1. The van der Waals surface area contributed by atoms with Crippen LogP contribution in [0.3, 0.4) is 0 Å². The molecule has 0 radical (unpaired) electrons. The maximum absolute atomic E-state index is 11.6. The lowest BCUT2D eigenvalue weighted by Gasteiger charge is -2.05. The number of nitrogens with two attached hydrogens (primary N) is 1. The van der Waals surface area contributed by atoms with Crippen molar-refractivity contribution in [2.75, 3.05) is 0 Å². The van der Waals surface area contributed by atoms with Gasteiger partial charge in [0.25, 0.3) is 10.0 Å². The molecule has 2 aromatic carbocycles. The van der Waals surface area contributed by atoms with Crippen LogP contribution in [-0.2, 0) is 10.0 Å². The van der Waals surface area contributed by atoms with E-state index in [0.717, 1.165) is 5.39 Å². The summed E-state index contributed by atoms with van der Waals surface area (Å²) in [6.07, 6.45) is 0. The van der Waals surface area contributed by atoms with E-state index in [9.17, 15) is 8.42 Å². The highest BCUT2D eigenvalue weighted by Gasteiger charge is 2.14. The van der Waals surface area contributed by atoms with Crippen molar-refractivity contribution in [2.45, 2.75) is 4.90 Å². The number of fused-ring (bicyclic) bond motifs is 1. The van der Waals surface area contributed by atoms with Gasteiger partial charge in [-0.2, -0.15) is 4.83 Å². The van der Waals surface area contributed by atoms with Gasteiger partial charge in [-0.05, 0) is 11.5 Å². The monoisotopic (exact) mass is 222 g/mol. The molecule has 0 unspecified atom stereocenters. The lowest BCUT2D eigenvalue weighted by Crippen LogP contribution is -2.30. The van der Waals surface area contributed by atoms with Crippen molar-refractivity contribution in [3.63, 3.8) is 0 Å². The van der Waals surface area contributed by atoms with Crippen LogP contribution in [-0.4, -0.2) is 8.42 Å². The number of rotatable bonds is 2. The SMILES string of the molecule is NNS(=O)(=O)c1cccc2ccccc12. The molecule has 0 heterocycles. The van der Waals surface area contributed by atoms with Gasteiger partial charge in [0, 0.05) is 5.39 Å². The number of hydrazine groups is 1. The van der Waals surface area contributed by atoms with Crippen LogP contribution < -0.4 is 10.7 Å². The fourth-order valence-corrected chi connectivity index (χ4v) is 2.35. The molecule has 0 aliphatic rings. The molecule has 4 nitrogen and oxygen atoms in total. The largest absolute Gasteiger partial charge is 0.257 e. The van der Waals surface area contributed by atoms with E-state index in [1.165, 1.54) is 6.07 Å². The molecule has 0 aliphatic heterocycles. The van der Waals surface area contributed by atoms with Crippen molar-refractivity contribution >= 4 is 20.8 Å². The topological polar surface area (TPSA) is 72.2 Å². The number of hydrogen-bond acceptors (Lipinski definition) is 3. The minimum Gasteiger partial charge on any atom is -0.257 e. The molecule has 0 atom stereocenters. The van der Waals surface area contributed by atoms with Crippen molar-refractivity contribution in [1.82, 2.24) is 4.83 Å². The second kappa shape index (κ2) is 3.62. The average Bonchev–Trinajstić information content (AvgIpc) is 2.28. The number of hydrogen-bond donors (Lipinski definition) is 2. The van der Waals surface area contributed by atoms with Crippen molar-refractivity contribution in [2.24, 2.45) is 5.84 Å². The predicted molar refractivity (Wildman–Crippen MR) is 58.5 cm³/mol. The van der Waals surface area contributed by atoms with Gasteiger partial charge in [0.15, 0.2) is 0 Å². The van der Waals surface area contributed by atoms with E-state index in [1.54, 1.807) is 18.2 Å². The van der Waals surface area contributed by atoms with E-state index in [1.807, 2.05) is 23.0 Å². The Morgan fingerprint density at radius 2 is 1.67 bits per heavy atom. The number of nitrogens with one attached hydrogen (secondary N) is 1. The molecule has 0 saturated carbocycles. The van der Waals surface area contributed by atoms with Crippen LogP contribution in [0.2, 0.25) is 0 Å². The summed E-state index contributed by atoms with van der Waals surface area (Å²) in [4.78, 5) is 2.02. The smallest absolute Gasteiger partial charge is 0.253 e. The van der Waals surface area contributed by atoms with E-state index in [4.69, 9.17) is 5.84 Å². The molecular weight excluding hydrogens is 212 g/mol. The number of sulfonamides is 1. The molecule has 0 saturated heterocycles. The summed E-state index contributed by atoms with van der Waals surface area (Å²) in [6.45, 7) is 0. The van der Waals surface area contributed by atoms with Gasteiger partial charge in [0.2, 0.25) is 0 Å². The zero-order valence-electron chi connectivity index (χ0n) is 7.84. The Bertz CT molecular complexity index is 588. The Morgan fingerprint density at radius 3 is 2.40 bits per heavy atom. The third kappa shape index (κ3) is 1.72. The summed E-state index contributed by atoms with van der Waals surface area (Å²) in [5.74, 6) is 4.99. The Balaban J connectivity index is 2.83. The highest BCUT2D eigenvalue weighted by Crippen LogP contribution is 2.21. The van der Waals surface area contributed by atoms with Gasteiger partial charge < -0.3 is 0 Å². The van der Waals surface area contributed by atoms with Crippen LogP contribution in [0, 0.1) is 0 Å². The van der Waals surface area contributed by atoms with Crippen molar-refractivity contribution in [3.05, 3.63) is 42.5 Å². The fourth-order valence-electron chi connectivity index (χ4n) is 1.49. The van der Waals surface area contributed by atoms with Gasteiger partial charge in [-0.3, -0.25) is 5.84 Å². The Kier molecular flexibility index (Phi) is 2.44. The first-order chi connectivity index (χ1) is 7.15. The number of benzene rings is 2. The molecule has 2 rings (SSSR count). The summed E-state index contributed by atoms with van der Waals surface area (Å²) >= 11 is 0. The summed E-state index contributed by atoms with van der Waals surface area (Å²) in [5, 5.41) is 1.53. The summed E-state index contributed by atoms with van der Waals surface area (Å²) in [5.41, 5.74) is 0. The molecule has 0 amide bonds. The molecule has 0 aliphatic carbocycles. The first-order valence-electron chi connectivity index (χ1n) is 4.35. The lowest BCUT2D eigenvalue weighted by molar-refractivity contribution is 0.585. The van der Waals surface area contributed by atoms with Gasteiger partial charge in [-0.25, -0.2) is 8.42 Å². The van der Waals surface area contributed by atoms with Gasteiger partial charge in [0.1, 0.15) is 0 Å². The molecular formula is C10H10N2O2S. The minimum absolute atomic E-state index is 0.197. The second-order valence-corrected chi connectivity index (χ2v) is 4.78. The van der Waals surface area contributed by atoms with Crippen LogP contribution in [0.4, 0.5) is 0 Å². The van der Waals surface area contributed by atoms with Gasteiger partial charge in [-0.1, -0.05) is 36.4 Å². The third-order valence-electron chi connectivity index (χ3n) is 2.19. The van der Waals surface area contributed by atoms with Crippen LogP contribution in [0.15, 0.2) is 47.4 Å². The highest BCUT2D eigenvalue weighted by atomic mass is 32.2. The molecule has 0 bridgehead atoms. The molecule has 0 aromatic heterocycles. The van der Waals surface area contributed by atoms with Crippen molar-refractivity contribution < 1.29 is 8.42 Å². The van der Waals surface area contributed by atoms with Crippen LogP contribution in [0.5, 0.6) is 0 Å². The van der Waals surface area contributed by atoms with E-state index >= 15 is 0 Å². The second-order valence-electron chi connectivity index (χ2n) is 3.10. The summed E-state index contributed by atoms with van der Waals surface area (Å²) < 4.78 is 23.2. The highest BCUT2D eigenvalue weighted by molar-refractivity contribution is 7.89. The molecule has 2 aromatic rings. The van der Waals surface area contributed by atoms with Crippen molar-refractivity contribution in [1.29, 1.82) is 0 Å². The van der Waals surface area contributed by atoms with Gasteiger partial charge in [0.05, 0.1) is 4.90 Å². The lowest BCUT2D eigenvalue weighted by atomic mass is 10.1. The van der Waals surface area contributed by atoms with Crippen LogP contribution in [0.25, 0.3) is 10.8 Å². The summed E-state index contributed by atoms with van der Waals surface area (Å²) in [7, 11) is -3.60. The van der Waals surface area contributed by atoms with E-state index < -0.39 is 10.0 Å². The van der Waals surface area contributed by atoms with Crippen LogP contribution in [0.1, 0.15) is 0 Å². The van der Waals surface area contributed by atoms with E-state index in [2.05, 4.69) is 0 Å². The first-order valence-corrected chi connectivity index (χ1v) is 5.83. The Morgan fingerprint density at radius 1 is 1.00 bits per heavy atom. The normalized spacial score (nSPS) is 11.8. The van der Waals surface area contributed by atoms with Crippen molar-refractivity contribution in [3.8, 4) is 0 Å². The quantitative estimate of drug-likeness (QED) is 0.588. The third-order valence-corrected chi connectivity index (χ3v) is 3.44. The molecule has 0 spiro atoms. The van der Waals surface area contributed by atoms with E-state index in [0.29, 0.717) is 5.39 Å². The van der Waals surface area contributed by atoms with Gasteiger partial charge >= 0.3 is 0 Å². The summed E-state index contributed by atoms with van der Waals surface area (Å²) in [6, 6.07) is 12.3. The Hall–Kier alpha value is -1.43. The molecule has 3 N–H and O–H groups in total. The zero-order chi connectivity index (χ0) is 10.9. The van der Waals surface area contributed by atoms with Gasteiger partial charge in [-0.15, -0.1) is 0 Å². The van der Waals surface area contributed by atoms with E-state index in [-0.39, 0.29) is 4.90 Å². The fraction of sp³-hybridized carbons (Fsp3) is 0.